The Hall–Kier alpha value is -0.970. The van der Waals surface area contributed by atoms with Crippen LogP contribution in [0, 0.1) is 11.3 Å². The molecule has 38 valence electrons. The quantitative estimate of drug-likeness (QED) is 0.305. The third-order valence-electron chi connectivity index (χ3n) is 0.512. The summed E-state index contributed by atoms with van der Waals surface area (Å²) in [6.45, 7) is 1.85. The second-order valence-corrected chi connectivity index (χ2v) is 1.11. The molecule has 1 N–H and O–H groups in total. The van der Waals surface area contributed by atoms with Crippen molar-refractivity contribution in [3.63, 3.8) is 0 Å². The summed E-state index contributed by atoms with van der Waals surface area (Å²) < 4.78 is 0. The molecular weight excluding hydrogens is 90.1 g/mol. The third kappa shape index (κ3) is 2.84. The van der Waals surface area contributed by atoms with Crippen molar-refractivity contribution in [1.29, 1.82) is 5.26 Å². The van der Waals surface area contributed by atoms with Gasteiger partial charge >= 0.3 is 0 Å². The highest BCUT2D eigenvalue weighted by atomic mass is 16.3. The molecule has 0 amide bonds. The first kappa shape index (κ1) is 6.03. The van der Waals surface area contributed by atoms with Gasteiger partial charge in [0.05, 0.1) is 0 Å². The molecule has 0 saturated carbocycles. The molecule has 0 aromatic heterocycles. The maximum absolute atomic E-state index is 8.36. The van der Waals surface area contributed by atoms with E-state index in [0.717, 1.165) is 0 Å². The van der Waals surface area contributed by atoms with Gasteiger partial charge in [0, 0.05) is 0 Å². The van der Waals surface area contributed by atoms with Crippen molar-refractivity contribution in [1.82, 2.24) is 0 Å². The Balaban J connectivity index is 3.57. The lowest BCUT2D eigenvalue weighted by Crippen LogP contribution is -1.69. The Morgan fingerprint density at radius 2 is 2.57 bits per heavy atom. The summed E-state index contributed by atoms with van der Waals surface area (Å²) in [7, 11) is 0. The molecule has 0 aromatic carbocycles. The topological polar surface area (TPSA) is 44.0 Å². The second-order valence-electron chi connectivity index (χ2n) is 1.11. The monoisotopic (exact) mass is 97.1 g/mol. The standard InChI is InChI=1S/C5H7NO/c1-2-3-5(7)4-6/h3,7H,2H2,1H3/b5-3-. The number of rotatable bonds is 1. The van der Waals surface area contributed by atoms with Gasteiger partial charge in [0.25, 0.3) is 0 Å². The fraction of sp³-hybridized carbons (Fsp3) is 0.400. The van der Waals surface area contributed by atoms with Crippen LogP contribution >= 0.6 is 0 Å². The van der Waals surface area contributed by atoms with E-state index in [1.54, 1.807) is 6.07 Å². The molecule has 0 fully saturated rings. The van der Waals surface area contributed by atoms with Gasteiger partial charge in [0.1, 0.15) is 6.07 Å². The first-order valence-electron chi connectivity index (χ1n) is 2.10. The van der Waals surface area contributed by atoms with E-state index in [0.29, 0.717) is 6.42 Å². The van der Waals surface area contributed by atoms with E-state index < -0.39 is 0 Å². The first-order chi connectivity index (χ1) is 3.31. The first-order valence-corrected chi connectivity index (χ1v) is 2.10. The van der Waals surface area contributed by atoms with Crippen molar-refractivity contribution < 1.29 is 5.11 Å². The van der Waals surface area contributed by atoms with Gasteiger partial charge in [-0.2, -0.15) is 5.26 Å². The van der Waals surface area contributed by atoms with Gasteiger partial charge in [0.2, 0.25) is 0 Å². The maximum atomic E-state index is 8.36. The summed E-state index contributed by atoms with van der Waals surface area (Å²) in [6, 6.07) is 1.58. The minimum atomic E-state index is -0.192. The van der Waals surface area contributed by atoms with E-state index in [4.69, 9.17) is 10.4 Å². The molecule has 0 atom stereocenters. The zero-order valence-electron chi connectivity index (χ0n) is 4.18. The molecule has 2 heteroatoms. The summed E-state index contributed by atoms with van der Waals surface area (Å²) in [5.74, 6) is -0.192. The number of nitriles is 1. The average molecular weight is 97.1 g/mol. The summed E-state index contributed by atoms with van der Waals surface area (Å²) in [5, 5.41) is 16.3. The summed E-state index contributed by atoms with van der Waals surface area (Å²) in [4.78, 5) is 0. The van der Waals surface area contributed by atoms with E-state index in [9.17, 15) is 0 Å². The summed E-state index contributed by atoms with van der Waals surface area (Å²) >= 11 is 0. The van der Waals surface area contributed by atoms with E-state index in [1.165, 1.54) is 6.08 Å². The molecule has 2 nitrogen and oxygen atoms in total. The third-order valence-corrected chi connectivity index (χ3v) is 0.512. The van der Waals surface area contributed by atoms with Gasteiger partial charge in [-0.25, -0.2) is 0 Å². The van der Waals surface area contributed by atoms with Gasteiger partial charge in [-0.15, -0.1) is 0 Å². The highest BCUT2D eigenvalue weighted by molar-refractivity contribution is 5.10. The lowest BCUT2D eigenvalue weighted by molar-refractivity contribution is 0.434. The largest absolute Gasteiger partial charge is 0.500 e. The highest BCUT2D eigenvalue weighted by Gasteiger charge is 1.79. The van der Waals surface area contributed by atoms with Gasteiger partial charge in [0.15, 0.2) is 5.76 Å². The molecule has 0 bridgehead atoms. The molecule has 0 heterocycles. The van der Waals surface area contributed by atoms with Gasteiger partial charge in [-0.1, -0.05) is 6.92 Å². The van der Waals surface area contributed by atoms with Crippen molar-refractivity contribution in [3.05, 3.63) is 11.8 Å². The van der Waals surface area contributed by atoms with E-state index in [1.807, 2.05) is 6.92 Å². The van der Waals surface area contributed by atoms with Crippen molar-refractivity contribution in [2.24, 2.45) is 0 Å². The number of aliphatic hydroxyl groups is 1. The van der Waals surface area contributed by atoms with Crippen molar-refractivity contribution in [3.8, 4) is 6.07 Å². The van der Waals surface area contributed by atoms with Crippen molar-refractivity contribution in [2.45, 2.75) is 13.3 Å². The lowest BCUT2D eigenvalue weighted by atomic mass is 10.4. The van der Waals surface area contributed by atoms with E-state index >= 15 is 0 Å². The summed E-state index contributed by atoms with van der Waals surface area (Å²) in [5.41, 5.74) is 0. The molecule has 0 aliphatic carbocycles. The van der Waals surface area contributed by atoms with E-state index in [-0.39, 0.29) is 5.76 Å². The number of aliphatic hydroxyl groups excluding tert-OH is 1. The van der Waals surface area contributed by atoms with Crippen LogP contribution in [0.5, 0.6) is 0 Å². The lowest BCUT2D eigenvalue weighted by Gasteiger charge is -1.77. The zero-order valence-corrected chi connectivity index (χ0v) is 4.18. The molecular formula is C5H7NO. The van der Waals surface area contributed by atoms with Gasteiger partial charge < -0.3 is 5.11 Å². The maximum Gasteiger partial charge on any atom is 0.190 e. The zero-order chi connectivity index (χ0) is 5.70. The van der Waals surface area contributed by atoms with Crippen molar-refractivity contribution >= 4 is 0 Å². The minimum Gasteiger partial charge on any atom is -0.500 e. The highest BCUT2D eigenvalue weighted by Crippen LogP contribution is 1.85. The number of nitrogens with zero attached hydrogens (tertiary/aromatic N) is 1. The molecule has 7 heavy (non-hydrogen) atoms. The predicted molar refractivity (Wildman–Crippen MR) is 26.6 cm³/mol. The molecule has 0 spiro atoms. The number of hydrogen-bond donors (Lipinski definition) is 1. The fourth-order valence-corrected chi connectivity index (χ4v) is 0.239. The smallest absolute Gasteiger partial charge is 0.190 e. The van der Waals surface area contributed by atoms with Crippen LogP contribution in [0.15, 0.2) is 11.8 Å². The summed E-state index contributed by atoms with van der Waals surface area (Å²) in [6.07, 6.45) is 2.17. The molecule has 0 unspecified atom stereocenters. The van der Waals surface area contributed by atoms with Crippen molar-refractivity contribution in [2.75, 3.05) is 0 Å². The van der Waals surface area contributed by atoms with Crippen LogP contribution in [0.3, 0.4) is 0 Å². The van der Waals surface area contributed by atoms with Gasteiger partial charge in [-0.05, 0) is 12.5 Å². The Morgan fingerprint density at radius 3 is 2.71 bits per heavy atom. The van der Waals surface area contributed by atoms with Gasteiger partial charge in [-0.3, -0.25) is 0 Å². The molecule has 0 aliphatic heterocycles. The Labute approximate surface area is 42.7 Å². The molecule has 0 rings (SSSR count). The predicted octanol–water partition coefficient (Wildman–Crippen LogP) is 1.36. The Kier molecular flexibility index (Phi) is 2.78. The van der Waals surface area contributed by atoms with Crippen LogP contribution in [0.2, 0.25) is 0 Å². The van der Waals surface area contributed by atoms with Crippen LogP contribution in [0.4, 0.5) is 0 Å². The fourth-order valence-electron chi connectivity index (χ4n) is 0.239. The Morgan fingerprint density at radius 1 is 2.00 bits per heavy atom. The molecule has 0 radical (unpaired) electrons. The van der Waals surface area contributed by atoms with Crippen LogP contribution in [0.25, 0.3) is 0 Å². The minimum absolute atomic E-state index is 0.192. The molecule has 0 aliphatic rings. The number of allylic oxidation sites excluding steroid dienone is 2. The SMILES string of the molecule is CC/C=C(\O)C#N. The molecule has 0 saturated heterocycles. The second kappa shape index (κ2) is 3.23. The normalized spacial score (nSPS) is 10.6. The average Bonchev–Trinajstić information content (AvgIpc) is 1.68. The Bertz CT molecular complexity index is 110. The van der Waals surface area contributed by atoms with E-state index in [2.05, 4.69) is 0 Å². The van der Waals surface area contributed by atoms with Crippen LogP contribution < -0.4 is 0 Å². The van der Waals surface area contributed by atoms with Crippen LogP contribution in [-0.2, 0) is 0 Å². The number of hydrogen-bond acceptors (Lipinski definition) is 2. The molecule has 0 aromatic rings. The van der Waals surface area contributed by atoms with Crippen LogP contribution in [0.1, 0.15) is 13.3 Å². The van der Waals surface area contributed by atoms with Crippen LogP contribution in [-0.4, -0.2) is 5.11 Å².